The van der Waals surface area contributed by atoms with Gasteiger partial charge in [0.2, 0.25) is 0 Å². The molecule has 2 aliphatic rings. The highest BCUT2D eigenvalue weighted by atomic mass is 15.1. The van der Waals surface area contributed by atoms with E-state index >= 15 is 0 Å². The molecule has 0 saturated heterocycles. The summed E-state index contributed by atoms with van der Waals surface area (Å²) in [5, 5.41) is 0. The Labute approximate surface area is 87.8 Å². The molecule has 0 aromatic carbocycles. The lowest BCUT2D eigenvalue weighted by Crippen LogP contribution is -2.48. The third-order valence-electron chi connectivity index (χ3n) is 4.16. The quantitative estimate of drug-likeness (QED) is 0.727. The highest BCUT2D eigenvalue weighted by Gasteiger charge is 2.35. The van der Waals surface area contributed by atoms with Crippen molar-refractivity contribution in [1.82, 2.24) is 4.90 Å². The summed E-state index contributed by atoms with van der Waals surface area (Å²) in [6.07, 6.45) is 6.49. The van der Waals surface area contributed by atoms with E-state index in [-0.39, 0.29) is 5.54 Å². The largest absolute Gasteiger partial charge is 0.325 e. The molecule has 2 unspecified atom stereocenters. The van der Waals surface area contributed by atoms with Crippen LogP contribution in [0.2, 0.25) is 0 Å². The molecule has 2 nitrogen and oxygen atoms in total. The van der Waals surface area contributed by atoms with Gasteiger partial charge in [0.05, 0.1) is 0 Å². The number of nitrogens with two attached hydrogens (primary N) is 1. The lowest BCUT2D eigenvalue weighted by Gasteiger charge is -2.39. The normalized spacial score (nSPS) is 34.3. The van der Waals surface area contributed by atoms with Crippen molar-refractivity contribution in [3.8, 4) is 0 Å². The minimum Gasteiger partial charge on any atom is -0.325 e. The first kappa shape index (κ1) is 10.4. The Morgan fingerprint density at radius 3 is 2.50 bits per heavy atom. The van der Waals surface area contributed by atoms with Gasteiger partial charge in [0.25, 0.3) is 0 Å². The first-order valence-electron chi connectivity index (χ1n) is 6.06. The van der Waals surface area contributed by atoms with Gasteiger partial charge in [-0.05, 0) is 57.5 Å². The molecule has 82 valence electrons. The molecular formula is C12H24N2. The molecule has 2 fully saturated rings. The fourth-order valence-electron chi connectivity index (χ4n) is 2.44. The second kappa shape index (κ2) is 3.82. The second-order valence-electron chi connectivity index (χ2n) is 5.70. The predicted octanol–water partition coefficient (Wildman–Crippen LogP) is 1.85. The van der Waals surface area contributed by atoms with Crippen LogP contribution in [0.1, 0.15) is 39.0 Å². The summed E-state index contributed by atoms with van der Waals surface area (Å²) in [7, 11) is 2.24. The van der Waals surface area contributed by atoms with Crippen LogP contribution in [0.25, 0.3) is 0 Å². The van der Waals surface area contributed by atoms with Crippen LogP contribution in [0.4, 0.5) is 0 Å². The molecular weight excluding hydrogens is 172 g/mol. The van der Waals surface area contributed by atoms with Crippen molar-refractivity contribution in [3.63, 3.8) is 0 Å². The van der Waals surface area contributed by atoms with E-state index in [0.717, 1.165) is 11.8 Å². The van der Waals surface area contributed by atoms with Crippen molar-refractivity contribution >= 4 is 0 Å². The second-order valence-corrected chi connectivity index (χ2v) is 5.70. The summed E-state index contributed by atoms with van der Waals surface area (Å²) in [6, 6.07) is 0. The number of hydrogen-bond acceptors (Lipinski definition) is 2. The van der Waals surface area contributed by atoms with Crippen LogP contribution in [0, 0.1) is 11.8 Å². The minimum absolute atomic E-state index is 0.212. The van der Waals surface area contributed by atoms with Gasteiger partial charge in [0, 0.05) is 12.1 Å². The number of nitrogens with zero attached hydrogens (tertiary/aromatic N) is 1. The summed E-state index contributed by atoms with van der Waals surface area (Å²) >= 11 is 0. The predicted molar refractivity (Wildman–Crippen MR) is 60.2 cm³/mol. The molecule has 0 aromatic rings. The van der Waals surface area contributed by atoms with Gasteiger partial charge in [0.15, 0.2) is 0 Å². The number of hydrogen-bond donors (Lipinski definition) is 1. The fraction of sp³-hybridized carbons (Fsp3) is 1.00. The van der Waals surface area contributed by atoms with Gasteiger partial charge in [-0.15, -0.1) is 0 Å². The van der Waals surface area contributed by atoms with Gasteiger partial charge in [-0.25, -0.2) is 0 Å². The van der Waals surface area contributed by atoms with Crippen LogP contribution in [0.15, 0.2) is 0 Å². The van der Waals surface area contributed by atoms with Gasteiger partial charge >= 0.3 is 0 Å². The zero-order valence-corrected chi connectivity index (χ0v) is 9.63. The summed E-state index contributed by atoms with van der Waals surface area (Å²) in [4.78, 5) is 2.47. The van der Waals surface area contributed by atoms with Crippen LogP contribution in [0.3, 0.4) is 0 Å². The molecule has 0 radical (unpaired) electrons. The average molecular weight is 196 g/mol. The molecule has 2 heteroatoms. The molecule has 0 aliphatic heterocycles. The molecule has 0 bridgehead atoms. The maximum Gasteiger partial charge on any atom is 0.0166 e. The smallest absolute Gasteiger partial charge is 0.0166 e. The fourth-order valence-corrected chi connectivity index (χ4v) is 2.44. The van der Waals surface area contributed by atoms with Crippen LogP contribution < -0.4 is 5.73 Å². The van der Waals surface area contributed by atoms with Crippen molar-refractivity contribution in [2.75, 3.05) is 20.1 Å². The molecule has 2 aliphatic carbocycles. The standard InChI is InChI=1S/C12H24N2/c1-10-8-11(10)9-14(2)7-6-12(13)4-3-5-12/h10-11H,3-9,13H2,1-2H3. The van der Waals surface area contributed by atoms with Crippen molar-refractivity contribution in [1.29, 1.82) is 0 Å². The molecule has 14 heavy (non-hydrogen) atoms. The Hall–Kier alpha value is -0.0800. The zero-order chi connectivity index (χ0) is 10.2. The van der Waals surface area contributed by atoms with E-state index in [2.05, 4.69) is 18.9 Å². The Bertz CT molecular complexity index is 198. The lowest BCUT2D eigenvalue weighted by molar-refractivity contribution is 0.193. The van der Waals surface area contributed by atoms with Crippen molar-refractivity contribution < 1.29 is 0 Å². The van der Waals surface area contributed by atoms with Crippen molar-refractivity contribution in [3.05, 3.63) is 0 Å². The summed E-state index contributed by atoms with van der Waals surface area (Å²) in [5.74, 6) is 1.96. The molecule has 2 N–H and O–H groups in total. The highest BCUT2D eigenvalue weighted by molar-refractivity contribution is 4.93. The van der Waals surface area contributed by atoms with E-state index < -0.39 is 0 Å². The zero-order valence-electron chi connectivity index (χ0n) is 9.63. The van der Waals surface area contributed by atoms with E-state index in [1.807, 2.05) is 0 Å². The minimum atomic E-state index is 0.212. The van der Waals surface area contributed by atoms with Crippen molar-refractivity contribution in [2.45, 2.75) is 44.6 Å². The van der Waals surface area contributed by atoms with Gasteiger partial charge in [0.1, 0.15) is 0 Å². The third kappa shape index (κ3) is 2.48. The van der Waals surface area contributed by atoms with Gasteiger partial charge in [-0.1, -0.05) is 6.92 Å². The van der Waals surface area contributed by atoms with Crippen LogP contribution >= 0.6 is 0 Å². The number of rotatable bonds is 5. The van der Waals surface area contributed by atoms with Gasteiger partial charge < -0.3 is 10.6 Å². The van der Waals surface area contributed by atoms with E-state index in [0.29, 0.717) is 0 Å². The van der Waals surface area contributed by atoms with Crippen LogP contribution in [0.5, 0.6) is 0 Å². The molecule has 0 amide bonds. The Morgan fingerprint density at radius 2 is 2.07 bits per heavy atom. The average Bonchev–Trinajstić information content (AvgIpc) is 2.75. The molecule has 2 saturated carbocycles. The Balaban J connectivity index is 1.60. The van der Waals surface area contributed by atoms with E-state index in [9.17, 15) is 0 Å². The van der Waals surface area contributed by atoms with Gasteiger partial charge in [-0.3, -0.25) is 0 Å². The molecule has 0 heterocycles. The summed E-state index contributed by atoms with van der Waals surface area (Å²) < 4.78 is 0. The third-order valence-corrected chi connectivity index (χ3v) is 4.16. The monoisotopic (exact) mass is 196 g/mol. The van der Waals surface area contributed by atoms with Crippen LogP contribution in [-0.2, 0) is 0 Å². The molecule has 2 atom stereocenters. The molecule has 0 spiro atoms. The molecule has 2 rings (SSSR count). The topological polar surface area (TPSA) is 29.3 Å². The van der Waals surface area contributed by atoms with E-state index in [1.54, 1.807) is 0 Å². The maximum absolute atomic E-state index is 6.20. The lowest BCUT2D eigenvalue weighted by atomic mass is 9.75. The first-order valence-corrected chi connectivity index (χ1v) is 6.06. The SMILES string of the molecule is CC1CC1CN(C)CCC1(N)CCC1. The van der Waals surface area contributed by atoms with E-state index in [4.69, 9.17) is 5.73 Å². The molecule has 0 aromatic heterocycles. The van der Waals surface area contributed by atoms with Gasteiger partial charge in [-0.2, -0.15) is 0 Å². The maximum atomic E-state index is 6.20. The van der Waals surface area contributed by atoms with E-state index in [1.165, 1.54) is 45.2 Å². The Kier molecular flexibility index (Phi) is 2.85. The first-order chi connectivity index (χ1) is 6.59. The van der Waals surface area contributed by atoms with Crippen LogP contribution in [-0.4, -0.2) is 30.6 Å². The highest BCUT2D eigenvalue weighted by Crippen LogP contribution is 2.38. The Morgan fingerprint density at radius 1 is 1.43 bits per heavy atom. The summed E-state index contributed by atoms with van der Waals surface area (Å²) in [5.41, 5.74) is 6.41. The summed E-state index contributed by atoms with van der Waals surface area (Å²) in [6.45, 7) is 4.84. The van der Waals surface area contributed by atoms with Crippen molar-refractivity contribution in [2.24, 2.45) is 17.6 Å².